The van der Waals surface area contributed by atoms with Crippen LogP contribution in [-0.4, -0.2) is 13.0 Å². The van der Waals surface area contributed by atoms with Gasteiger partial charge in [0.25, 0.3) is 5.91 Å². The van der Waals surface area contributed by atoms with E-state index in [0.29, 0.717) is 27.8 Å². The first kappa shape index (κ1) is 18.5. The number of nitrogens with zero attached hydrogens (tertiary/aromatic N) is 1. The van der Waals surface area contributed by atoms with Crippen LogP contribution < -0.4 is 21.1 Å². The maximum atomic E-state index is 12.2. The lowest BCUT2D eigenvalue weighted by Crippen LogP contribution is -2.15. The molecule has 0 spiro atoms. The molecular formula is C17H14Cl2N4O2. The van der Waals surface area contributed by atoms with Crippen LogP contribution in [0.15, 0.2) is 48.2 Å². The van der Waals surface area contributed by atoms with E-state index in [1.165, 1.54) is 19.4 Å². The van der Waals surface area contributed by atoms with E-state index in [4.69, 9.17) is 33.7 Å². The molecule has 1 amide bonds. The van der Waals surface area contributed by atoms with E-state index in [2.05, 4.69) is 10.6 Å². The predicted molar refractivity (Wildman–Crippen MR) is 99.8 cm³/mol. The van der Waals surface area contributed by atoms with Gasteiger partial charge < -0.3 is 21.1 Å². The van der Waals surface area contributed by atoms with Gasteiger partial charge >= 0.3 is 0 Å². The second-order valence-corrected chi connectivity index (χ2v) is 5.67. The van der Waals surface area contributed by atoms with Gasteiger partial charge in [-0.1, -0.05) is 23.2 Å². The molecule has 4 N–H and O–H groups in total. The van der Waals surface area contributed by atoms with E-state index in [0.717, 1.165) is 0 Å². The number of nitriles is 1. The van der Waals surface area contributed by atoms with Crippen molar-refractivity contribution in [2.75, 3.05) is 23.5 Å². The molecule has 0 saturated carbocycles. The van der Waals surface area contributed by atoms with E-state index in [1.807, 2.05) is 6.07 Å². The van der Waals surface area contributed by atoms with E-state index >= 15 is 0 Å². The number of halogens is 2. The molecule has 0 aliphatic heterocycles. The largest absolute Gasteiger partial charge is 0.495 e. The average molecular weight is 377 g/mol. The van der Waals surface area contributed by atoms with Gasteiger partial charge in [-0.2, -0.15) is 5.26 Å². The van der Waals surface area contributed by atoms with Gasteiger partial charge in [0.2, 0.25) is 0 Å². The minimum Gasteiger partial charge on any atom is -0.495 e. The number of carbonyl (C=O) groups is 1. The van der Waals surface area contributed by atoms with Crippen LogP contribution >= 0.6 is 23.2 Å². The van der Waals surface area contributed by atoms with Crippen molar-refractivity contribution in [3.05, 3.63) is 58.2 Å². The number of anilines is 3. The molecule has 0 fully saturated rings. The SMILES string of the molecule is COc1ccc(N/C=C(/C#N)C(=O)Nc2ccc(N)cc2Cl)cc1Cl. The Labute approximate surface area is 154 Å². The number of amides is 1. The Kier molecular flexibility index (Phi) is 6.12. The van der Waals surface area contributed by atoms with E-state index < -0.39 is 5.91 Å². The summed E-state index contributed by atoms with van der Waals surface area (Å²) in [4.78, 5) is 12.2. The lowest BCUT2D eigenvalue weighted by atomic mass is 10.2. The molecule has 128 valence electrons. The van der Waals surface area contributed by atoms with Crippen LogP contribution in [-0.2, 0) is 4.79 Å². The fraction of sp³-hybridized carbons (Fsp3) is 0.0588. The minimum atomic E-state index is -0.610. The number of ether oxygens (including phenoxy) is 1. The third-order valence-electron chi connectivity index (χ3n) is 3.14. The predicted octanol–water partition coefficient (Wildman–Crippen LogP) is 4.04. The second-order valence-electron chi connectivity index (χ2n) is 4.86. The normalized spacial score (nSPS) is 10.7. The average Bonchev–Trinajstić information content (AvgIpc) is 2.58. The van der Waals surface area contributed by atoms with Crippen LogP contribution in [0.1, 0.15) is 0 Å². The number of rotatable bonds is 5. The zero-order valence-corrected chi connectivity index (χ0v) is 14.7. The highest BCUT2D eigenvalue weighted by Gasteiger charge is 2.11. The maximum absolute atomic E-state index is 12.2. The molecule has 0 aliphatic carbocycles. The molecule has 25 heavy (non-hydrogen) atoms. The van der Waals surface area contributed by atoms with Gasteiger partial charge in [-0.3, -0.25) is 4.79 Å². The van der Waals surface area contributed by atoms with Crippen LogP contribution in [0.4, 0.5) is 17.1 Å². The smallest absolute Gasteiger partial charge is 0.267 e. The Balaban J connectivity index is 2.12. The first-order valence-corrected chi connectivity index (χ1v) is 7.77. The molecule has 0 saturated heterocycles. The van der Waals surface area contributed by atoms with Gasteiger partial charge in [-0.05, 0) is 36.4 Å². The quantitative estimate of drug-likeness (QED) is 0.415. The number of hydrogen-bond donors (Lipinski definition) is 3. The summed E-state index contributed by atoms with van der Waals surface area (Å²) in [5.74, 6) is -0.0891. The monoisotopic (exact) mass is 376 g/mol. The van der Waals surface area contributed by atoms with Crippen molar-refractivity contribution >= 4 is 46.2 Å². The zero-order chi connectivity index (χ0) is 18.4. The van der Waals surface area contributed by atoms with Crippen LogP contribution in [0.5, 0.6) is 5.75 Å². The fourth-order valence-electron chi connectivity index (χ4n) is 1.88. The van der Waals surface area contributed by atoms with E-state index in [-0.39, 0.29) is 10.6 Å². The molecule has 0 radical (unpaired) electrons. The molecular weight excluding hydrogens is 363 g/mol. The number of benzene rings is 2. The lowest BCUT2D eigenvalue weighted by molar-refractivity contribution is -0.112. The summed E-state index contributed by atoms with van der Waals surface area (Å²) < 4.78 is 5.06. The second kappa shape index (κ2) is 8.29. The number of nitrogens with one attached hydrogen (secondary N) is 2. The van der Waals surface area contributed by atoms with Gasteiger partial charge in [0, 0.05) is 17.6 Å². The molecule has 8 heteroatoms. The van der Waals surface area contributed by atoms with Gasteiger partial charge in [0.1, 0.15) is 17.4 Å². The summed E-state index contributed by atoms with van der Waals surface area (Å²) in [5.41, 5.74) is 6.88. The Morgan fingerprint density at radius 3 is 2.60 bits per heavy atom. The van der Waals surface area contributed by atoms with Crippen molar-refractivity contribution in [3.63, 3.8) is 0 Å². The molecule has 0 unspecified atom stereocenters. The fourth-order valence-corrected chi connectivity index (χ4v) is 2.38. The first-order valence-electron chi connectivity index (χ1n) is 7.01. The minimum absolute atomic E-state index is 0.139. The number of hydrogen-bond acceptors (Lipinski definition) is 5. The molecule has 0 bridgehead atoms. The van der Waals surface area contributed by atoms with Gasteiger partial charge in [-0.25, -0.2) is 0 Å². The first-order chi connectivity index (χ1) is 11.9. The summed E-state index contributed by atoms with van der Waals surface area (Å²) in [7, 11) is 1.51. The Morgan fingerprint density at radius 2 is 2.00 bits per heavy atom. The molecule has 2 aromatic rings. The van der Waals surface area contributed by atoms with Crippen molar-refractivity contribution < 1.29 is 9.53 Å². The van der Waals surface area contributed by atoms with E-state index in [9.17, 15) is 10.1 Å². The van der Waals surface area contributed by atoms with Gasteiger partial charge in [0.05, 0.1) is 22.8 Å². The summed E-state index contributed by atoms with van der Waals surface area (Å²) in [6.45, 7) is 0. The third kappa shape index (κ3) is 4.80. The Bertz CT molecular complexity index is 875. The summed E-state index contributed by atoms with van der Waals surface area (Å²) in [6, 6.07) is 11.5. The van der Waals surface area contributed by atoms with Crippen molar-refractivity contribution in [2.24, 2.45) is 0 Å². The van der Waals surface area contributed by atoms with Crippen LogP contribution in [0, 0.1) is 11.3 Å². The standard InChI is InChI=1S/C17H14Cl2N4O2/c1-25-16-5-3-12(7-14(16)19)22-9-10(8-20)17(24)23-15-4-2-11(21)6-13(15)18/h2-7,9,22H,21H2,1H3,(H,23,24)/b10-9-. The molecule has 0 heterocycles. The highest BCUT2D eigenvalue weighted by Crippen LogP contribution is 2.27. The van der Waals surface area contributed by atoms with Crippen LogP contribution in [0.2, 0.25) is 10.0 Å². The summed E-state index contributed by atoms with van der Waals surface area (Å²) >= 11 is 12.0. The van der Waals surface area contributed by atoms with Gasteiger partial charge in [-0.15, -0.1) is 0 Å². The lowest BCUT2D eigenvalue weighted by Gasteiger charge is -2.08. The number of carbonyl (C=O) groups excluding carboxylic acids is 1. The van der Waals surface area contributed by atoms with Crippen molar-refractivity contribution in [1.29, 1.82) is 5.26 Å². The van der Waals surface area contributed by atoms with Gasteiger partial charge in [0.15, 0.2) is 0 Å². The number of nitrogen functional groups attached to an aromatic ring is 1. The Hall–Kier alpha value is -2.88. The summed E-state index contributed by atoms with van der Waals surface area (Å²) in [5, 5.41) is 15.3. The third-order valence-corrected chi connectivity index (χ3v) is 3.75. The van der Waals surface area contributed by atoms with Crippen LogP contribution in [0.25, 0.3) is 0 Å². The molecule has 2 aromatic carbocycles. The highest BCUT2D eigenvalue weighted by atomic mass is 35.5. The Morgan fingerprint density at radius 1 is 1.24 bits per heavy atom. The van der Waals surface area contributed by atoms with Crippen molar-refractivity contribution in [1.82, 2.24) is 0 Å². The highest BCUT2D eigenvalue weighted by molar-refractivity contribution is 6.34. The van der Waals surface area contributed by atoms with E-state index in [1.54, 1.807) is 30.3 Å². The summed E-state index contributed by atoms with van der Waals surface area (Å²) in [6.07, 6.45) is 1.28. The van der Waals surface area contributed by atoms with Crippen molar-refractivity contribution in [2.45, 2.75) is 0 Å². The molecule has 6 nitrogen and oxygen atoms in total. The topological polar surface area (TPSA) is 100 Å². The number of methoxy groups -OCH3 is 1. The molecule has 0 atom stereocenters. The molecule has 2 rings (SSSR count). The van der Waals surface area contributed by atoms with Crippen molar-refractivity contribution in [3.8, 4) is 11.8 Å². The zero-order valence-electron chi connectivity index (χ0n) is 13.1. The maximum Gasteiger partial charge on any atom is 0.267 e. The molecule has 0 aromatic heterocycles. The molecule has 0 aliphatic rings. The number of nitrogens with two attached hydrogens (primary N) is 1. The van der Waals surface area contributed by atoms with Crippen LogP contribution in [0.3, 0.4) is 0 Å².